The van der Waals surface area contributed by atoms with Gasteiger partial charge in [-0.3, -0.25) is 24.0 Å². The van der Waals surface area contributed by atoms with Gasteiger partial charge >= 0.3 is 5.69 Å². The Balaban J connectivity index is 1.92. The molecule has 0 radical (unpaired) electrons. The highest BCUT2D eigenvalue weighted by Crippen LogP contribution is 2.25. The summed E-state index contributed by atoms with van der Waals surface area (Å²) >= 11 is 1.33. The van der Waals surface area contributed by atoms with Crippen LogP contribution in [0, 0.1) is 0 Å². The Morgan fingerprint density at radius 1 is 1.12 bits per heavy atom. The van der Waals surface area contributed by atoms with Gasteiger partial charge in [-0.15, -0.1) is 11.8 Å². The van der Waals surface area contributed by atoms with Crippen LogP contribution in [0.15, 0.2) is 69.1 Å². The van der Waals surface area contributed by atoms with Gasteiger partial charge in [-0.25, -0.2) is 4.79 Å². The molecule has 0 atom stereocenters. The number of nitrogens with zero attached hydrogens (tertiary/aromatic N) is 2. The summed E-state index contributed by atoms with van der Waals surface area (Å²) in [6, 6.07) is 16.7. The van der Waals surface area contributed by atoms with Crippen LogP contribution in [0.25, 0.3) is 0 Å². The Labute approximate surface area is 201 Å². The SMILES string of the molecule is CCOc1ccc(SCC(=O)N(Cc2ccccc2)c2c(N)n(CCOC)c(=O)[nH]c2=O)cc1. The highest BCUT2D eigenvalue weighted by molar-refractivity contribution is 8.00. The fraction of sp³-hybridized carbons (Fsp3) is 0.292. The summed E-state index contributed by atoms with van der Waals surface area (Å²) in [6.07, 6.45) is 0. The number of nitrogen functional groups attached to an aromatic ring is 1. The minimum absolute atomic E-state index is 0.0585. The smallest absolute Gasteiger partial charge is 0.330 e. The second-order valence-corrected chi connectivity index (χ2v) is 8.34. The third-order valence-corrected chi connectivity index (χ3v) is 5.98. The number of aromatic amines is 1. The van der Waals surface area contributed by atoms with Crippen molar-refractivity contribution in [1.29, 1.82) is 0 Å². The third-order valence-electron chi connectivity index (χ3n) is 4.98. The minimum Gasteiger partial charge on any atom is -0.494 e. The number of thioether (sulfide) groups is 1. The van der Waals surface area contributed by atoms with E-state index in [9.17, 15) is 14.4 Å². The lowest BCUT2D eigenvalue weighted by molar-refractivity contribution is -0.116. The van der Waals surface area contributed by atoms with Gasteiger partial charge in [0.1, 0.15) is 11.6 Å². The van der Waals surface area contributed by atoms with Crippen LogP contribution in [0.4, 0.5) is 11.5 Å². The van der Waals surface area contributed by atoms with Crippen molar-refractivity contribution in [3.05, 3.63) is 81.0 Å². The molecule has 0 fully saturated rings. The summed E-state index contributed by atoms with van der Waals surface area (Å²) < 4.78 is 11.7. The molecule has 3 rings (SSSR count). The molecular formula is C24H28N4O5S. The van der Waals surface area contributed by atoms with Crippen LogP contribution >= 0.6 is 11.8 Å². The van der Waals surface area contributed by atoms with E-state index in [1.165, 1.54) is 28.3 Å². The van der Waals surface area contributed by atoms with Gasteiger partial charge in [0.15, 0.2) is 5.69 Å². The number of H-pyrrole nitrogens is 1. The number of ether oxygens (including phenoxy) is 2. The van der Waals surface area contributed by atoms with Crippen LogP contribution in [-0.4, -0.2) is 41.5 Å². The van der Waals surface area contributed by atoms with E-state index in [2.05, 4.69) is 4.98 Å². The van der Waals surface area contributed by atoms with E-state index in [1.54, 1.807) is 0 Å². The van der Waals surface area contributed by atoms with Gasteiger partial charge in [0.2, 0.25) is 5.91 Å². The number of carbonyl (C=O) groups excluding carboxylic acids is 1. The fourth-order valence-electron chi connectivity index (χ4n) is 3.32. The standard InChI is InChI=1S/C24H28N4O5S/c1-3-33-18-9-11-19(12-10-18)34-16-20(29)28(15-17-7-5-4-6-8-17)21-22(25)27(13-14-32-2)24(31)26-23(21)30/h4-12H,3,13-16,25H2,1-2H3,(H,26,30,31). The van der Waals surface area contributed by atoms with Crippen molar-refractivity contribution in [1.82, 2.24) is 9.55 Å². The molecule has 0 aliphatic heterocycles. The van der Waals surface area contributed by atoms with Crippen molar-refractivity contribution < 1.29 is 14.3 Å². The molecule has 34 heavy (non-hydrogen) atoms. The largest absolute Gasteiger partial charge is 0.494 e. The molecule has 9 nitrogen and oxygen atoms in total. The highest BCUT2D eigenvalue weighted by Gasteiger charge is 2.24. The molecule has 0 aliphatic rings. The molecule has 0 bridgehead atoms. The van der Waals surface area contributed by atoms with Crippen molar-refractivity contribution in [3.63, 3.8) is 0 Å². The fourth-order valence-corrected chi connectivity index (χ4v) is 4.10. The monoisotopic (exact) mass is 484 g/mol. The van der Waals surface area contributed by atoms with Gasteiger partial charge in [0.25, 0.3) is 5.56 Å². The number of rotatable bonds is 11. The predicted octanol–water partition coefficient (Wildman–Crippen LogP) is 2.49. The van der Waals surface area contributed by atoms with Crippen LogP contribution in [0.5, 0.6) is 5.75 Å². The number of hydrogen-bond acceptors (Lipinski definition) is 7. The van der Waals surface area contributed by atoms with E-state index >= 15 is 0 Å². The van der Waals surface area contributed by atoms with Crippen molar-refractivity contribution in [3.8, 4) is 5.75 Å². The first-order valence-electron chi connectivity index (χ1n) is 10.8. The lowest BCUT2D eigenvalue weighted by Gasteiger charge is -2.24. The van der Waals surface area contributed by atoms with Crippen LogP contribution in [0.1, 0.15) is 12.5 Å². The number of nitrogens with one attached hydrogen (secondary N) is 1. The van der Waals surface area contributed by atoms with Gasteiger partial charge in [0, 0.05) is 12.0 Å². The van der Waals surface area contributed by atoms with Gasteiger partial charge < -0.3 is 15.2 Å². The molecule has 0 saturated heterocycles. The summed E-state index contributed by atoms with van der Waals surface area (Å²) in [4.78, 5) is 43.0. The van der Waals surface area contributed by atoms with Crippen molar-refractivity contribution in [2.24, 2.45) is 0 Å². The Bertz CT molecular complexity index is 1210. The van der Waals surface area contributed by atoms with Crippen molar-refractivity contribution in [2.45, 2.75) is 24.9 Å². The van der Waals surface area contributed by atoms with Crippen molar-refractivity contribution >= 4 is 29.2 Å². The van der Waals surface area contributed by atoms with Gasteiger partial charge in [0.05, 0.1) is 32.1 Å². The zero-order valence-corrected chi connectivity index (χ0v) is 20.0. The van der Waals surface area contributed by atoms with Gasteiger partial charge in [-0.1, -0.05) is 30.3 Å². The molecule has 0 unspecified atom stereocenters. The molecule has 3 aromatic rings. The second kappa shape index (κ2) is 12.1. The van der Waals surface area contributed by atoms with Gasteiger partial charge in [-0.05, 0) is 36.8 Å². The van der Waals surface area contributed by atoms with E-state index in [0.717, 1.165) is 16.2 Å². The maximum absolute atomic E-state index is 13.4. The zero-order valence-electron chi connectivity index (χ0n) is 19.2. The van der Waals surface area contributed by atoms with Crippen LogP contribution in [0.3, 0.4) is 0 Å². The average molecular weight is 485 g/mol. The summed E-state index contributed by atoms with van der Waals surface area (Å²) in [5.74, 6) is 0.413. The first-order valence-corrected chi connectivity index (χ1v) is 11.7. The van der Waals surface area contributed by atoms with Crippen LogP contribution < -0.4 is 26.6 Å². The average Bonchev–Trinajstić information content (AvgIpc) is 2.83. The number of aromatic nitrogens is 2. The molecule has 2 aromatic carbocycles. The molecule has 10 heteroatoms. The molecule has 180 valence electrons. The number of anilines is 2. The lowest BCUT2D eigenvalue weighted by atomic mass is 10.2. The quantitative estimate of drug-likeness (QED) is 0.401. The molecule has 0 spiro atoms. The Morgan fingerprint density at radius 2 is 1.82 bits per heavy atom. The third kappa shape index (κ3) is 6.30. The number of amides is 1. The second-order valence-electron chi connectivity index (χ2n) is 7.30. The Morgan fingerprint density at radius 3 is 2.47 bits per heavy atom. The Hall–Kier alpha value is -3.50. The van der Waals surface area contributed by atoms with E-state index < -0.39 is 11.2 Å². The number of hydrogen-bond donors (Lipinski definition) is 2. The topological polar surface area (TPSA) is 120 Å². The number of nitrogens with two attached hydrogens (primary N) is 1. The van der Waals surface area contributed by atoms with Crippen LogP contribution in [0.2, 0.25) is 0 Å². The van der Waals surface area contributed by atoms with Crippen LogP contribution in [-0.2, 0) is 22.6 Å². The minimum atomic E-state index is -0.716. The molecule has 1 aromatic heterocycles. The van der Waals surface area contributed by atoms with E-state index in [1.807, 2.05) is 61.5 Å². The Kier molecular flexibility index (Phi) is 8.94. The predicted molar refractivity (Wildman–Crippen MR) is 134 cm³/mol. The normalized spacial score (nSPS) is 10.8. The van der Waals surface area contributed by atoms with E-state index in [4.69, 9.17) is 15.2 Å². The van der Waals surface area contributed by atoms with Crippen molar-refractivity contribution in [2.75, 3.05) is 36.7 Å². The molecule has 1 heterocycles. The molecule has 0 aliphatic carbocycles. The lowest BCUT2D eigenvalue weighted by Crippen LogP contribution is -2.41. The molecule has 0 saturated carbocycles. The number of methoxy groups -OCH3 is 1. The molecular weight excluding hydrogens is 456 g/mol. The summed E-state index contributed by atoms with van der Waals surface area (Å²) in [5.41, 5.74) is 5.63. The molecule has 3 N–H and O–H groups in total. The first kappa shape index (κ1) is 25.1. The maximum atomic E-state index is 13.4. The number of carbonyl (C=O) groups is 1. The molecule has 1 amide bonds. The van der Waals surface area contributed by atoms with E-state index in [-0.39, 0.29) is 42.9 Å². The summed E-state index contributed by atoms with van der Waals surface area (Å²) in [7, 11) is 1.50. The summed E-state index contributed by atoms with van der Waals surface area (Å²) in [5, 5.41) is 0. The van der Waals surface area contributed by atoms with Gasteiger partial charge in [-0.2, -0.15) is 0 Å². The maximum Gasteiger partial charge on any atom is 0.330 e. The zero-order chi connectivity index (χ0) is 24.5. The van der Waals surface area contributed by atoms with E-state index in [0.29, 0.717) is 6.61 Å². The summed E-state index contributed by atoms with van der Waals surface area (Å²) in [6.45, 7) is 2.96. The first-order chi connectivity index (χ1) is 16.4. The number of benzene rings is 2. The highest BCUT2D eigenvalue weighted by atomic mass is 32.2.